The van der Waals surface area contributed by atoms with Crippen molar-refractivity contribution in [3.63, 3.8) is 0 Å². The van der Waals surface area contributed by atoms with Crippen LogP contribution in [0.4, 0.5) is 4.79 Å². The van der Waals surface area contributed by atoms with Gasteiger partial charge in [0.1, 0.15) is 0 Å². The van der Waals surface area contributed by atoms with E-state index in [1.807, 2.05) is 25.1 Å². The first-order valence-corrected chi connectivity index (χ1v) is 8.56. The molecule has 2 N–H and O–H groups in total. The summed E-state index contributed by atoms with van der Waals surface area (Å²) >= 11 is 0. The number of urea groups is 1. The molecular formula is C18H26N2O3. The van der Waals surface area contributed by atoms with Crippen LogP contribution in [0.2, 0.25) is 0 Å². The topological polar surface area (TPSA) is 59.6 Å². The lowest BCUT2D eigenvalue weighted by Gasteiger charge is -2.23. The van der Waals surface area contributed by atoms with Crippen LogP contribution in [0.25, 0.3) is 0 Å². The van der Waals surface area contributed by atoms with Crippen LogP contribution in [0.3, 0.4) is 0 Å². The lowest BCUT2D eigenvalue weighted by atomic mass is 10.1. The van der Waals surface area contributed by atoms with Crippen LogP contribution in [0.15, 0.2) is 30.3 Å². The molecule has 2 amide bonds. The first-order valence-electron chi connectivity index (χ1n) is 8.56. The molecule has 4 unspecified atom stereocenters. The number of rotatable bonds is 5. The van der Waals surface area contributed by atoms with E-state index in [2.05, 4.69) is 22.8 Å². The van der Waals surface area contributed by atoms with Gasteiger partial charge in [0.25, 0.3) is 0 Å². The van der Waals surface area contributed by atoms with E-state index >= 15 is 0 Å². The first kappa shape index (κ1) is 16.3. The molecule has 1 saturated heterocycles. The maximum atomic E-state index is 12.2. The van der Waals surface area contributed by atoms with Crippen molar-refractivity contribution in [2.75, 3.05) is 6.61 Å². The average molecular weight is 318 g/mol. The van der Waals surface area contributed by atoms with Crippen LogP contribution in [0.5, 0.6) is 0 Å². The molecule has 0 radical (unpaired) electrons. The van der Waals surface area contributed by atoms with Gasteiger partial charge in [-0.25, -0.2) is 4.79 Å². The highest BCUT2D eigenvalue weighted by molar-refractivity contribution is 5.74. The molecule has 1 heterocycles. The number of carbonyl (C=O) groups excluding carboxylic acids is 1. The highest BCUT2D eigenvalue weighted by Crippen LogP contribution is 2.23. The molecule has 5 heteroatoms. The van der Waals surface area contributed by atoms with Gasteiger partial charge in [0, 0.05) is 6.61 Å². The Morgan fingerprint density at radius 3 is 2.70 bits per heavy atom. The summed E-state index contributed by atoms with van der Waals surface area (Å²) < 4.78 is 11.5. The quantitative estimate of drug-likeness (QED) is 0.877. The van der Waals surface area contributed by atoms with E-state index in [0.29, 0.717) is 6.61 Å². The van der Waals surface area contributed by atoms with Crippen molar-refractivity contribution in [1.29, 1.82) is 0 Å². The van der Waals surface area contributed by atoms with E-state index < -0.39 is 0 Å². The largest absolute Gasteiger partial charge is 0.376 e. The Hall–Kier alpha value is -1.59. The number of hydrogen-bond acceptors (Lipinski definition) is 3. The molecular weight excluding hydrogens is 292 g/mol. The van der Waals surface area contributed by atoms with E-state index in [1.165, 1.54) is 5.56 Å². The fourth-order valence-electron chi connectivity index (χ4n) is 3.37. The lowest BCUT2D eigenvalue weighted by Crippen LogP contribution is -2.50. The van der Waals surface area contributed by atoms with Crippen LogP contribution >= 0.6 is 0 Å². The Morgan fingerprint density at radius 2 is 1.96 bits per heavy atom. The summed E-state index contributed by atoms with van der Waals surface area (Å²) in [6, 6.07) is 10.3. The standard InChI is InChI=1S/C18H26N2O3/c1-13-15(10-11-22-13)19-18(21)20-16-8-5-9-17(16)23-12-14-6-3-2-4-7-14/h2-4,6-7,13,15-17H,5,8-12H2,1H3,(H2,19,20,21). The number of ether oxygens (including phenoxy) is 2. The third-order valence-electron chi connectivity index (χ3n) is 4.77. The smallest absolute Gasteiger partial charge is 0.315 e. The monoisotopic (exact) mass is 318 g/mol. The highest BCUT2D eigenvalue weighted by Gasteiger charge is 2.31. The molecule has 3 rings (SSSR count). The summed E-state index contributed by atoms with van der Waals surface area (Å²) in [6.45, 7) is 3.32. The third-order valence-corrected chi connectivity index (χ3v) is 4.77. The summed E-state index contributed by atoms with van der Waals surface area (Å²) in [7, 11) is 0. The van der Waals surface area contributed by atoms with Gasteiger partial charge in [-0.3, -0.25) is 0 Å². The highest BCUT2D eigenvalue weighted by atomic mass is 16.5. The fourth-order valence-corrected chi connectivity index (χ4v) is 3.37. The SMILES string of the molecule is CC1OCCC1NC(=O)NC1CCCC1OCc1ccccc1. The molecule has 1 aliphatic carbocycles. The van der Waals surface area contributed by atoms with Crippen LogP contribution in [0.1, 0.15) is 38.2 Å². The molecule has 1 aliphatic heterocycles. The van der Waals surface area contributed by atoms with Crippen molar-refractivity contribution in [3.05, 3.63) is 35.9 Å². The average Bonchev–Trinajstić information content (AvgIpc) is 3.16. The van der Waals surface area contributed by atoms with Crippen LogP contribution in [0, 0.1) is 0 Å². The van der Waals surface area contributed by atoms with Crippen molar-refractivity contribution in [3.8, 4) is 0 Å². The predicted molar refractivity (Wildman–Crippen MR) is 88.1 cm³/mol. The number of hydrogen-bond donors (Lipinski definition) is 2. The molecule has 126 valence electrons. The molecule has 0 aromatic heterocycles. The van der Waals surface area contributed by atoms with Gasteiger partial charge in [-0.05, 0) is 38.2 Å². The van der Waals surface area contributed by atoms with Crippen LogP contribution in [-0.4, -0.2) is 36.9 Å². The third kappa shape index (κ3) is 4.45. The maximum Gasteiger partial charge on any atom is 0.315 e. The van der Waals surface area contributed by atoms with Crippen molar-refractivity contribution in [1.82, 2.24) is 10.6 Å². The minimum Gasteiger partial charge on any atom is -0.376 e. The van der Waals surface area contributed by atoms with Gasteiger partial charge in [0.15, 0.2) is 0 Å². The van der Waals surface area contributed by atoms with E-state index in [4.69, 9.17) is 9.47 Å². The van der Waals surface area contributed by atoms with E-state index in [0.717, 1.165) is 32.3 Å². The maximum absolute atomic E-state index is 12.2. The summed E-state index contributed by atoms with van der Waals surface area (Å²) in [5.74, 6) is 0. The Kier molecular flexibility index (Phi) is 5.51. The van der Waals surface area contributed by atoms with Gasteiger partial charge in [0.2, 0.25) is 0 Å². The second kappa shape index (κ2) is 7.79. The fraction of sp³-hybridized carbons (Fsp3) is 0.611. The van der Waals surface area contributed by atoms with Crippen LogP contribution < -0.4 is 10.6 Å². The Bertz CT molecular complexity index is 508. The number of amides is 2. The Morgan fingerprint density at radius 1 is 1.17 bits per heavy atom. The van der Waals surface area contributed by atoms with Crippen LogP contribution in [-0.2, 0) is 16.1 Å². The minimum absolute atomic E-state index is 0.0921. The number of carbonyl (C=O) groups is 1. The Labute approximate surface area is 137 Å². The van der Waals surface area contributed by atoms with Gasteiger partial charge in [-0.15, -0.1) is 0 Å². The van der Waals surface area contributed by atoms with Crippen molar-refractivity contribution in [2.24, 2.45) is 0 Å². The zero-order chi connectivity index (χ0) is 16.1. The molecule has 1 saturated carbocycles. The lowest BCUT2D eigenvalue weighted by molar-refractivity contribution is 0.0299. The van der Waals surface area contributed by atoms with Gasteiger partial charge in [-0.2, -0.15) is 0 Å². The van der Waals surface area contributed by atoms with Gasteiger partial charge in [0.05, 0.1) is 30.9 Å². The molecule has 1 aromatic carbocycles. The second-order valence-corrected chi connectivity index (χ2v) is 6.46. The summed E-state index contributed by atoms with van der Waals surface area (Å²) in [5.41, 5.74) is 1.17. The second-order valence-electron chi connectivity index (χ2n) is 6.46. The van der Waals surface area contributed by atoms with Crippen molar-refractivity contribution in [2.45, 2.75) is 63.5 Å². The molecule has 0 bridgehead atoms. The molecule has 2 aliphatic rings. The summed E-state index contributed by atoms with van der Waals surface area (Å²) in [4.78, 5) is 12.2. The molecule has 4 atom stereocenters. The van der Waals surface area contributed by atoms with Crippen molar-refractivity contribution >= 4 is 6.03 Å². The number of nitrogens with one attached hydrogen (secondary N) is 2. The number of benzene rings is 1. The first-order chi connectivity index (χ1) is 11.2. The van der Waals surface area contributed by atoms with Gasteiger partial charge < -0.3 is 20.1 Å². The molecule has 0 spiro atoms. The predicted octanol–water partition coefficient (Wildman–Crippen LogP) is 2.60. The Balaban J connectivity index is 1.45. The molecule has 5 nitrogen and oxygen atoms in total. The minimum atomic E-state index is -0.104. The molecule has 23 heavy (non-hydrogen) atoms. The summed E-state index contributed by atoms with van der Waals surface area (Å²) in [5, 5.41) is 6.10. The molecule has 2 fully saturated rings. The van der Waals surface area contributed by atoms with E-state index in [-0.39, 0.29) is 30.3 Å². The van der Waals surface area contributed by atoms with Gasteiger partial charge >= 0.3 is 6.03 Å². The molecule has 1 aromatic rings. The normalized spacial score (nSPS) is 30.3. The summed E-state index contributed by atoms with van der Waals surface area (Å²) in [6.07, 6.45) is 4.14. The van der Waals surface area contributed by atoms with E-state index in [9.17, 15) is 4.79 Å². The van der Waals surface area contributed by atoms with E-state index in [1.54, 1.807) is 0 Å². The zero-order valence-electron chi connectivity index (χ0n) is 13.7. The zero-order valence-corrected chi connectivity index (χ0v) is 13.7. The van der Waals surface area contributed by atoms with Crippen molar-refractivity contribution < 1.29 is 14.3 Å². The van der Waals surface area contributed by atoms with Gasteiger partial charge in [-0.1, -0.05) is 30.3 Å².